The Morgan fingerprint density at radius 2 is 2.10 bits per heavy atom. The molecule has 0 spiro atoms. The predicted octanol–water partition coefficient (Wildman–Crippen LogP) is 1.77. The minimum Gasteiger partial charge on any atom is -0.236 e. The van der Waals surface area contributed by atoms with E-state index in [1.54, 1.807) is 0 Å². The fraction of sp³-hybridized carbons (Fsp3) is 0.667. The van der Waals surface area contributed by atoms with Crippen LogP contribution >= 0.6 is 22.6 Å². The van der Waals surface area contributed by atoms with Crippen LogP contribution < -0.4 is 0 Å². The number of hydrogen-bond donors (Lipinski definition) is 0. The maximum absolute atomic E-state index is 3.97. The highest BCUT2D eigenvalue weighted by Crippen LogP contribution is 2.12. The first-order valence-corrected chi connectivity index (χ1v) is 4.28. The molecule has 0 amide bonds. The van der Waals surface area contributed by atoms with Crippen molar-refractivity contribution >= 4 is 22.6 Å². The summed E-state index contributed by atoms with van der Waals surface area (Å²) in [6.07, 6.45) is 0. The van der Waals surface area contributed by atoms with E-state index in [2.05, 4.69) is 46.8 Å². The minimum absolute atomic E-state index is 0.410. The van der Waals surface area contributed by atoms with Crippen molar-refractivity contribution < 1.29 is 0 Å². The van der Waals surface area contributed by atoms with Crippen LogP contribution in [-0.2, 0) is 0 Å². The van der Waals surface area contributed by atoms with Crippen molar-refractivity contribution in [3.05, 3.63) is 9.39 Å². The van der Waals surface area contributed by atoms with Crippen LogP contribution in [0.4, 0.5) is 0 Å². The topological polar surface area (TPSA) is 30.7 Å². The summed E-state index contributed by atoms with van der Waals surface area (Å²) in [5.74, 6) is 0. The van der Waals surface area contributed by atoms with E-state index in [4.69, 9.17) is 0 Å². The third kappa shape index (κ3) is 1.31. The van der Waals surface area contributed by atoms with Crippen LogP contribution in [-0.4, -0.2) is 15.0 Å². The molecule has 1 heterocycles. The van der Waals surface area contributed by atoms with Gasteiger partial charge < -0.3 is 0 Å². The molecule has 56 valence electrons. The second-order valence-electron chi connectivity index (χ2n) is 2.50. The molecule has 0 aliphatic heterocycles. The summed E-state index contributed by atoms with van der Waals surface area (Å²) in [5, 5.41) is 7.92. The fourth-order valence-electron chi connectivity index (χ4n) is 0.692. The normalized spacial score (nSPS) is 10.9. The van der Waals surface area contributed by atoms with Gasteiger partial charge in [-0.05, 0) is 43.4 Å². The lowest BCUT2D eigenvalue weighted by Gasteiger charge is -2.03. The van der Waals surface area contributed by atoms with Crippen molar-refractivity contribution in [2.45, 2.75) is 26.8 Å². The van der Waals surface area contributed by atoms with Crippen molar-refractivity contribution in [3.63, 3.8) is 0 Å². The minimum atomic E-state index is 0.410. The third-order valence-corrected chi connectivity index (χ3v) is 2.55. The molecular formula is C6H10IN3. The summed E-state index contributed by atoms with van der Waals surface area (Å²) in [5.41, 5.74) is 1.01. The van der Waals surface area contributed by atoms with Crippen LogP contribution in [0.25, 0.3) is 0 Å². The monoisotopic (exact) mass is 251 g/mol. The number of hydrogen-bond acceptors (Lipinski definition) is 2. The number of nitrogens with zero attached hydrogens (tertiary/aromatic N) is 3. The smallest absolute Gasteiger partial charge is 0.122 e. The van der Waals surface area contributed by atoms with Crippen LogP contribution in [0, 0.1) is 10.6 Å². The largest absolute Gasteiger partial charge is 0.236 e. The molecule has 0 aliphatic carbocycles. The zero-order valence-electron chi connectivity index (χ0n) is 6.30. The number of rotatable bonds is 1. The Morgan fingerprint density at radius 1 is 1.50 bits per heavy atom. The van der Waals surface area contributed by atoms with E-state index in [1.807, 2.05) is 11.6 Å². The lowest BCUT2D eigenvalue weighted by atomic mass is 10.4. The second kappa shape index (κ2) is 2.86. The van der Waals surface area contributed by atoms with Crippen molar-refractivity contribution in [1.82, 2.24) is 15.0 Å². The van der Waals surface area contributed by atoms with Crippen LogP contribution in [0.2, 0.25) is 0 Å². The summed E-state index contributed by atoms with van der Waals surface area (Å²) in [6, 6.07) is 0.410. The van der Waals surface area contributed by atoms with E-state index in [0.717, 1.165) is 9.39 Å². The highest BCUT2D eigenvalue weighted by molar-refractivity contribution is 14.1. The molecule has 0 aromatic carbocycles. The summed E-state index contributed by atoms with van der Waals surface area (Å²) in [7, 11) is 0. The number of halogens is 1. The summed E-state index contributed by atoms with van der Waals surface area (Å²) < 4.78 is 3.04. The summed E-state index contributed by atoms with van der Waals surface area (Å²) in [6.45, 7) is 6.15. The Hall–Kier alpha value is -0.130. The van der Waals surface area contributed by atoms with Gasteiger partial charge >= 0.3 is 0 Å². The van der Waals surface area contributed by atoms with Crippen LogP contribution in [0.1, 0.15) is 25.6 Å². The van der Waals surface area contributed by atoms with E-state index in [-0.39, 0.29) is 0 Å². The molecule has 0 aliphatic rings. The molecule has 0 radical (unpaired) electrons. The molecule has 0 fully saturated rings. The van der Waals surface area contributed by atoms with Gasteiger partial charge in [0, 0.05) is 6.04 Å². The molecule has 1 aromatic heterocycles. The quantitative estimate of drug-likeness (QED) is 0.712. The SMILES string of the molecule is Cc1nnn(C(C)C)c1I. The van der Waals surface area contributed by atoms with E-state index >= 15 is 0 Å². The third-order valence-electron chi connectivity index (χ3n) is 1.28. The van der Waals surface area contributed by atoms with E-state index < -0.39 is 0 Å². The second-order valence-corrected chi connectivity index (χ2v) is 3.53. The van der Waals surface area contributed by atoms with Gasteiger partial charge in [-0.15, -0.1) is 5.10 Å². The lowest BCUT2D eigenvalue weighted by molar-refractivity contribution is 0.503. The maximum atomic E-state index is 3.97. The van der Waals surface area contributed by atoms with E-state index in [1.165, 1.54) is 0 Å². The molecule has 1 rings (SSSR count). The van der Waals surface area contributed by atoms with Gasteiger partial charge in [0.25, 0.3) is 0 Å². The van der Waals surface area contributed by atoms with Gasteiger partial charge in [-0.25, -0.2) is 4.68 Å². The van der Waals surface area contributed by atoms with Crippen LogP contribution in [0.3, 0.4) is 0 Å². The molecule has 3 nitrogen and oxygen atoms in total. The van der Waals surface area contributed by atoms with Gasteiger partial charge in [-0.3, -0.25) is 0 Å². The van der Waals surface area contributed by atoms with Crippen LogP contribution in [0.15, 0.2) is 0 Å². The maximum Gasteiger partial charge on any atom is 0.122 e. The van der Waals surface area contributed by atoms with Gasteiger partial charge in [-0.2, -0.15) is 0 Å². The molecule has 0 bridgehead atoms. The molecule has 0 N–H and O–H groups in total. The van der Waals surface area contributed by atoms with Crippen LogP contribution in [0.5, 0.6) is 0 Å². The highest BCUT2D eigenvalue weighted by atomic mass is 127. The molecule has 0 atom stereocenters. The van der Waals surface area contributed by atoms with Gasteiger partial charge in [0.05, 0.1) is 5.69 Å². The first kappa shape index (κ1) is 7.97. The Bertz CT molecular complexity index is 229. The van der Waals surface area contributed by atoms with Crippen molar-refractivity contribution in [2.24, 2.45) is 0 Å². The molecular weight excluding hydrogens is 241 g/mol. The van der Waals surface area contributed by atoms with Gasteiger partial charge in [0.15, 0.2) is 0 Å². The average molecular weight is 251 g/mol. The zero-order valence-corrected chi connectivity index (χ0v) is 8.45. The standard InChI is InChI=1S/C6H10IN3/c1-4(2)10-6(7)5(3)8-9-10/h4H,1-3H3. The van der Waals surface area contributed by atoms with Gasteiger partial charge in [0.1, 0.15) is 3.70 Å². The lowest BCUT2D eigenvalue weighted by Crippen LogP contribution is -2.04. The Labute approximate surface area is 73.9 Å². The highest BCUT2D eigenvalue weighted by Gasteiger charge is 2.06. The molecule has 1 aromatic rings. The van der Waals surface area contributed by atoms with Gasteiger partial charge in [-0.1, -0.05) is 5.21 Å². The molecule has 4 heteroatoms. The Morgan fingerprint density at radius 3 is 2.30 bits per heavy atom. The Balaban J connectivity index is 3.05. The zero-order chi connectivity index (χ0) is 7.72. The van der Waals surface area contributed by atoms with Crippen molar-refractivity contribution in [2.75, 3.05) is 0 Å². The number of aromatic nitrogens is 3. The first-order valence-electron chi connectivity index (χ1n) is 3.20. The molecule has 10 heavy (non-hydrogen) atoms. The Kier molecular flexibility index (Phi) is 2.28. The first-order chi connectivity index (χ1) is 4.63. The van der Waals surface area contributed by atoms with E-state index in [0.29, 0.717) is 6.04 Å². The fourth-order valence-corrected chi connectivity index (χ4v) is 1.45. The predicted molar refractivity (Wildman–Crippen MR) is 47.9 cm³/mol. The van der Waals surface area contributed by atoms with Gasteiger partial charge in [0.2, 0.25) is 0 Å². The molecule has 0 saturated carbocycles. The average Bonchev–Trinajstić information content (AvgIpc) is 2.14. The van der Waals surface area contributed by atoms with Crippen molar-refractivity contribution in [1.29, 1.82) is 0 Å². The molecule has 0 unspecified atom stereocenters. The van der Waals surface area contributed by atoms with Crippen molar-refractivity contribution in [3.8, 4) is 0 Å². The summed E-state index contributed by atoms with van der Waals surface area (Å²) >= 11 is 2.25. The summed E-state index contributed by atoms with van der Waals surface area (Å²) in [4.78, 5) is 0. The number of aryl methyl sites for hydroxylation is 1. The molecule has 0 saturated heterocycles. The van der Waals surface area contributed by atoms with E-state index in [9.17, 15) is 0 Å².